The van der Waals surface area contributed by atoms with E-state index in [9.17, 15) is 4.79 Å². The van der Waals surface area contributed by atoms with Crippen LogP contribution in [0.5, 0.6) is 0 Å². The highest BCUT2D eigenvalue weighted by molar-refractivity contribution is 5.31. The first-order valence-electron chi connectivity index (χ1n) is 6.19. The van der Waals surface area contributed by atoms with Gasteiger partial charge in [0.05, 0.1) is 5.69 Å². The Balaban J connectivity index is 2.12. The van der Waals surface area contributed by atoms with Crippen LogP contribution in [0.3, 0.4) is 0 Å². The number of aryl methyl sites for hydroxylation is 1. The molecule has 2 rings (SSSR count). The maximum Gasteiger partial charge on any atom is 0.255 e. The molecule has 0 aliphatic rings. The largest absolute Gasteiger partial charge is 0.396 e. The van der Waals surface area contributed by atoms with Crippen molar-refractivity contribution in [2.45, 2.75) is 19.9 Å². The highest BCUT2D eigenvalue weighted by Crippen LogP contribution is 2.05. The van der Waals surface area contributed by atoms with Gasteiger partial charge in [0, 0.05) is 25.1 Å². The lowest BCUT2D eigenvalue weighted by Gasteiger charge is -2.08. The Labute approximate surface area is 111 Å². The van der Waals surface area contributed by atoms with E-state index in [-0.39, 0.29) is 12.2 Å². The van der Waals surface area contributed by atoms with Gasteiger partial charge in [-0.1, -0.05) is 30.3 Å². The van der Waals surface area contributed by atoms with Gasteiger partial charge in [0.25, 0.3) is 5.56 Å². The zero-order valence-corrected chi connectivity index (χ0v) is 10.8. The molecule has 0 spiro atoms. The summed E-state index contributed by atoms with van der Waals surface area (Å²) in [6.07, 6.45) is 0.327. The SMILES string of the molecule is Cc1nc(NCc2ccccc2)[nH]c(=O)c1CCO. The fourth-order valence-corrected chi connectivity index (χ4v) is 1.88. The summed E-state index contributed by atoms with van der Waals surface area (Å²) in [5.74, 6) is 0.452. The maximum atomic E-state index is 11.8. The van der Waals surface area contributed by atoms with E-state index in [0.717, 1.165) is 5.56 Å². The van der Waals surface area contributed by atoms with Crippen LogP contribution in [0.1, 0.15) is 16.8 Å². The molecule has 0 radical (unpaired) electrons. The van der Waals surface area contributed by atoms with Crippen molar-refractivity contribution >= 4 is 5.95 Å². The Morgan fingerprint density at radius 1 is 1.32 bits per heavy atom. The number of aliphatic hydroxyl groups excluding tert-OH is 1. The van der Waals surface area contributed by atoms with Crippen molar-refractivity contribution in [2.24, 2.45) is 0 Å². The molecule has 2 aromatic rings. The van der Waals surface area contributed by atoms with Crippen LogP contribution in [0, 0.1) is 6.92 Å². The summed E-state index contributed by atoms with van der Waals surface area (Å²) >= 11 is 0. The average Bonchev–Trinajstić information content (AvgIpc) is 2.42. The Bertz CT molecular complexity index is 593. The van der Waals surface area contributed by atoms with E-state index in [1.54, 1.807) is 6.92 Å². The minimum atomic E-state index is -0.197. The molecule has 0 saturated heterocycles. The van der Waals surface area contributed by atoms with Gasteiger partial charge in [-0.25, -0.2) is 4.98 Å². The standard InChI is InChI=1S/C14H17N3O2/c1-10-12(7-8-18)13(19)17-14(16-10)15-9-11-5-3-2-4-6-11/h2-6,18H,7-9H2,1H3,(H2,15,16,17,19). The predicted molar refractivity (Wildman–Crippen MR) is 74.2 cm³/mol. The molecule has 0 saturated carbocycles. The van der Waals surface area contributed by atoms with Gasteiger partial charge in [0.15, 0.2) is 0 Å². The van der Waals surface area contributed by atoms with E-state index in [0.29, 0.717) is 30.2 Å². The van der Waals surface area contributed by atoms with E-state index in [1.165, 1.54) is 0 Å². The fraction of sp³-hybridized carbons (Fsp3) is 0.286. The second kappa shape index (κ2) is 6.15. The number of anilines is 1. The first-order valence-corrected chi connectivity index (χ1v) is 6.19. The Morgan fingerprint density at radius 3 is 2.68 bits per heavy atom. The number of hydrogen-bond acceptors (Lipinski definition) is 4. The predicted octanol–water partition coefficient (Wildman–Crippen LogP) is 1.23. The topological polar surface area (TPSA) is 78.0 Å². The van der Waals surface area contributed by atoms with Crippen LogP contribution in [0.25, 0.3) is 0 Å². The normalized spacial score (nSPS) is 10.4. The minimum absolute atomic E-state index is 0.0532. The van der Waals surface area contributed by atoms with Crippen molar-refractivity contribution in [3.63, 3.8) is 0 Å². The van der Waals surface area contributed by atoms with Crippen molar-refractivity contribution in [2.75, 3.05) is 11.9 Å². The van der Waals surface area contributed by atoms with Crippen molar-refractivity contribution in [1.82, 2.24) is 9.97 Å². The molecule has 3 N–H and O–H groups in total. The third-order valence-electron chi connectivity index (χ3n) is 2.89. The number of aliphatic hydroxyl groups is 1. The van der Waals surface area contributed by atoms with Gasteiger partial charge in [-0.3, -0.25) is 9.78 Å². The molecule has 100 valence electrons. The number of aromatic amines is 1. The maximum absolute atomic E-state index is 11.8. The fourth-order valence-electron chi connectivity index (χ4n) is 1.88. The van der Waals surface area contributed by atoms with Crippen LogP contribution in [0.15, 0.2) is 35.1 Å². The molecule has 0 amide bonds. The molecule has 0 fully saturated rings. The lowest BCUT2D eigenvalue weighted by Crippen LogP contribution is -2.20. The molecule has 0 unspecified atom stereocenters. The molecule has 1 aromatic heterocycles. The Kier molecular flexibility index (Phi) is 4.30. The van der Waals surface area contributed by atoms with Crippen molar-refractivity contribution < 1.29 is 5.11 Å². The van der Waals surface area contributed by atoms with Crippen molar-refractivity contribution in [1.29, 1.82) is 0 Å². The van der Waals surface area contributed by atoms with Gasteiger partial charge in [0.2, 0.25) is 5.95 Å². The smallest absolute Gasteiger partial charge is 0.255 e. The van der Waals surface area contributed by atoms with E-state index < -0.39 is 0 Å². The molecule has 5 nitrogen and oxygen atoms in total. The molecule has 0 aliphatic carbocycles. The number of rotatable bonds is 5. The van der Waals surface area contributed by atoms with E-state index in [2.05, 4.69) is 15.3 Å². The zero-order chi connectivity index (χ0) is 13.7. The first kappa shape index (κ1) is 13.3. The van der Waals surface area contributed by atoms with Gasteiger partial charge >= 0.3 is 0 Å². The van der Waals surface area contributed by atoms with Crippen LogP contribution < -0.4 is 10.9 Å². The van der Waals surface area contributed by atoms with E-state index >= 15 is 0 Å². The molecule has 19 heavy (non-hydrogen) atoms. The zero-order valence-electron chi connectivity index (χ0n) is 10.8. The molecule has 0 bridgehead atoms. The lowest BCUT2D eigenvalue weighted by molar-refractivity contribution is 0.298. The summed E-state index contributed by atoms with van der Waals surface area (Å²) < 4.78 is 0. The number of H-pyrrole nitrogens is 1. The van der Waals surface area contributed by atoms with Gasteiger partial charge in [-0.15, -0.1) is 0 Å². The summed E-state index contributed by atoms with van der Waals surface area (Å²) in [5.41, 5.74) is 2.10. The minimum Gasteiger partial charge on any atom is -0.396 e. The molecule has 1 aromatic carbocycles. The number of aromatic nitrogens is 2. The number of nitrogens with one attached hydrogen (secondary N) is 2. The molecule has 5 heteroatoms. The molecule has 0 atom stereocenters. The van der Waals surface area contributed by atoms with E-state index in [1.807, 2.05) is 30.3 Å². The second-order valence-corrected chi connectivity index (χ2v) is 4.29. The first-order chi connectivity index (χ1) is 9.20. The summed E-state index contributed by atoms with van der Waals surface area (Å²) in [4.78, 5) is 18.8. The summed E-state index contributed by atoms with van der Waals surface area (Å²) in [5, 5.41) is 12.0. The Hall–Kier alpha value is -2.14. The van der Waals surface area contributed by atoms with Crippen LogP contribution >= 0.6 is 0 Å². The number of nitrogens with zero attached hydrogens (tertiary/aromatic N) is 1. The highest BCUT2D eigenvalue weighted by atomic mass is 16.3. The van der Waals surface area contributed by atoms with Crippen LogP contribution in [0.4, 0.5) is 5.95 Å². The van der Waals surface area contributed by atoms with Crippen LogP contribution in [0.2, 0.25) is 0 Å². The van der Waals surface area contributed by atoms with E-state index in [4.69, 9.17) is 5.11 Å². The molecule has 1 heterocycles. The average molecular weight is 259 g/mol. The second-order valence-electron chi connectivity index (χ2n) is 4.29. The Morgan fingerprint density at radius 2 is 2.05 bits per heavy atom. The number of hydrogen-bond donors (Lipinski definition) is 3. The number of benzene rings is 1. The summed E-state index contributed by atoms with van der Waals surface area (Å²) in [6.45, 7) is 2.32. The van der Waals surface area contributed by atoms with Crippen LogP contribution in [-0.4, -0.2) is 21.7 Å². The van der Waals surface area contributed by atoms with Crippen molar-refractivity contribution in [3.05, 3.63) is 57.5 Å². The quantitative estimate of drug-likeness (QED) is 0.754. The van der Waals surface area contributed by atoms with Gasteiger partial charge in [0.1, 0.15) is 0 Å². The molecular weight excluding hydrogens is 242 g/mol. The molecular formula is C14H17N3O2. The highest BCUT2D eigenvalue weighted by Gasteiger charge is 2.07. The lowest BCUT2D eigenvalue weighted by atomic mass is 10.2. The monoisotopic (exact) mass is 259 g/mol. The summed E-state index contributed by atoms with van der Waals surface area (Å²) in [6, 6.07) is 9.87. The van der Waals surface area contributed by atoms with Crippen LogP contribution in [-0.2, 0) is 13.0 Å². The van der Waals surface area contributed by atoms with Gasteiger partial charge in [-0.2, -0.15) is 0 Å². The van der Waals surface area contributed by atoms with Gasteiger partial charge in [-0.05, 0) is 12.5 Å². The van der Waals surface area contributed by atoms with Gasteiger partial charge < -0.3 is 10.4 Å². The summed E-state index contributed by atoms with van der Waals surface area (Å²) in [7, 11) is 0. The third kappa shape index (κ3) is 3.42. The van der Waals surface area contributed by atoms with Crippen molar-refractivity contribution in [3.8, 4) is 0 Å². The third-order valence-corrected chi connectivity index (χ3v) is 2.89. The molecule has 0 aliphatic heterocycles.